The fourth-order valence-electron chi connectivity index (χ4n) is 6.27. The van der Waals surface area contributed by atoms with Crippen LogP contribution in [0.1, 0.15) is 22.3 Å². The molecule has 8 aromatic carbocycles. The molecule has 0 spiro atoms. The normalized spacial score (nSPS) is 10.6. The Kier molecular flexibility index (Phi) is 8.92. The molecule has 54 heavy (non-hydrogen) atoms. The van der Waals surface area contributed by atoms with E-state index in [-0.39, 0.29) is 22.9 Å². The molecule has 8 rings (SSSR count). The lowest BCUT2D eigenvalue weighted by Gasteiger charge is -2.21. The number of anilines is 2. The third kappa shape index (κ3) is 6.79. The second kappa shape index (κ2) is 14.4. The van der Waals surface area contributed by atoms with Gasteiger partial charge in [-0.1, -0.05) is 96.5 Å². The molecule has 0 aliphatic rings. The first-order valence-corrected chi connectivity index (χ1v) is 17.2. The summed E-state index contributed by atoms with van der Waals surface area (Å²) in [4.78, 5) is 0. The minimum Gasteiger partial charge on any atom is -0.506 e. The molecule has 6 heteroatoms. The Morgan fingerprint density at radius 2 is 0.778 bits per heavy atom. The van der Waals surface area contributed by atoms with Gasteiger partial charge in [-0.2, -0.15) is 0 Å². The highest BCUT2D eigenvalue weighted by atomic mass is 16.5. The van der Waals surface area contributed by atoms with Crippen LogP contribution in [0.2, 0.25) is 0 Å². The zero-order valence-electron chi connectivity index (χ0n) is 28.9. The topological polar surface area (TPSA) is 111 Å². The summed E-state index contributed by atoms with van der Waals surface area (Å²) < 4.78 is 13.1. The predicted octanol–water partition coefficient (Wildman–Crippen LogP) is 10.6. The number of rotatable bonds is 5. The van der Waals surface area contributed by atoms with E-state index in [1.807, 2.05) is 121 Å². The quantitative estimate of drug-likeness (QED) is 0.0808. The summed E-state index contributed by atoms with van der Waals surface area (Å²) >= 11 is 0. The van der Waals surface area contributed by atoms with Gasteiger partial charge >= 0.3 is 0 Å². The number of hydrogen-bond acceptors (Lipinski definition) is 6. The predicted molar refractivity (Wildman–Crippen MR) is 217 cm³/mol. The number of phenols is 2. The van der Waals surface area contributed by atoms with Crippen LogP contribution in [-0.4, -0.2) is 10.2 Å². The smallest absolute Gasteiger partial charge is 0.154 e. The number of ether oxygens (including phenoxy) is 2. The molecule has 0 saturated carbocycles. The second-order valence-corrected chi connectivity index (χ2v) is 12.6. The molecule has 0 aliphatic carbocycles. The van der Waals surface area contributed by atoms with Crippen LogP contribution in [0.4, 0.5) is 11.4 Å². The molecule has 6 nitrogen and oxygen atoms in total. The molecule has 0 aliphatic heterocycles. The monoisotopic (exact) mass is 700 g/mol. The third-order valence-electron chi connectivity index (χ3n) is 8.99. The largest absolute Gasteiger partial charge is 0.506 e. The lowest BCUT2D eigenvalue weighted by Crippen LogP contribution is -1.98. The molecule has 0 fully saturated rings. The number of fused-ring (bicyclic) bond motifs is 2. The molecule has 0 heterocycles. The summed E-state index contributed by atoms with van der Waals surface area (Å²) in [6.45, 7) is 0. The lowest BCUT2D eigenvalue weighted by molar-refractivity contribution is 0.457. The molecule has 0 atom stereocenters. The molecule has 258 valence electrons. The maximum Gasteiger partial charge on any atom is 0.154 e. The van der Waals surface area contributed by atoms with Gasteiger partial charge in [0.15, 0.2) is 11.5 Å². The number of nitrogens with two attached hydrogens (primary N) is 2. The minimum atomic E-state index is -0.0887. The first-order chi connectivity index (χ1) is 26.4. The van der Waals surface area contributed by atoms with E-state index in [2.05, 4.69) is 23.7 Å². The van der Waals surface area contributed by atoms with E-state index in [1.165, 1.54) is 12.1 Å². The molecule has 0 amide bonds. The molecule has 0 unspecified atom stereocenters. The van der Waals surface area contributed by atoms with Crippen LogP contribution in [0.25, 0.3) is 32.7 Å². The average molecular weight is 701 g/mol. The summed E-state index contributed by atoms with van der Waals surface area (Å²) in [6, 6.07) is 49.2. The van der Waals surface area contributed by atoms with Crippen LogP contribution in [0.3, 0.4) is 0 Å². The van der Waals surface area contributed by atoms with Gasteiger partial charge in [-0.15, -0.1) is 0 Å². The highest BCUT2D eigenvalue weighted by molar-refractivity contribution is 6.10. The van der Waals surface area contributed by atoms with Gasteiger partial charge in [0.05, 0.1) is 0 Å². The summed E-state index contributed by atoms with van der Waals surface area (Å²) in [5.41, 5.74) is 17.8. The number of benzene rings is 8. The zero-order valence-corrected chi connectivity index (χ0v) is 28.9. The van der Waals surface area contributed by atoms with Crippen molar-refractivity contribution in [2.75, 3.05) is 11.5 Å². The molecular weight excluding hydrogens is 669 g/mol. The molecule has 0 bridgehead atoms. The third-order valence-corrected chi connectivity index (χ3v) is 8.99. The molecule has 0 radical (unpaired) electrons. The number of phenolic OH excluding ortho intramolecular Hbond substituents is 2. The van der Waals surface area contributed by atoms with Crippen molar-refractivity contribution in [3.63, 3.8) is 0 Å². The van der Waals surface area contributed by atoms with E-state index in [4.69, 9.17) is 20.9 Å². The fourth-order valence-corrected chi connectivity index (χ4v) is 6.27. The van der Waals surface area contributed by atoms with Crippen molar-refractivity contribution in [1.82, 2.24) is 0 Å². The SMILES string of the molecule is Nc1c(O)cccc1Oc1ccc2cc(C#Cc3ccccc3)ccc2c1-c1c(Oc2cccc(O)c2N)ccc2cc(C#Cc3ccccc3)ccc12. The highest BCUT2D eigenvalue weighted by Crippen LogP contribution is 2.49. The van der Waals surface area contributed by atoms with Gasteiger partial charge in [0, 0.05) is 33.4 Å². The van der Waals surface area contributed by atoms with Crippen molar-refractivity contribution in [3.05, 3.63) is 180 Å². The van der Waals surface area contributed by atoms with Gasteiger partial charge in [0.2, 0.25) is 0 Å². The highest BCUT2D eigenvalue weighted by Gasteiger charge is 2.22. The van der Waals surface area contributed by atoms with Gasteiger partial charge in [0.25, 0.3) is 0 Å². The number of hydrogen-bond donors (Lipinski definition) is 4. The van der Waals surface area contributed by atoms with Gasteiger partial charge in [-0.25, -0.2) is 0 Å². The molecule has 6 N–H and O–H groups in total. The van der Waals surface area contributed by atoms with Crippen LogP contribution < -0.4 is 20.9 Å². The Balaban J connectivity index is 1.37. The number of para-hydroxylation sites is 2. The Morgan fingerprint density at radius 3 is 1.20 bits per heavy atom. The first kappa shape index (κ1) is 33.3. The van der Waals surface area contributed by atoms with Crippen molar-refractivity contribution in [1.29, 1.82) is 0 Å². The summed E-state index contributed by atoms with van der Waals surface area (Å²) in [5.74, 6) is 14.4. The Bertz CT molecular complexity index is 2630. The van der Waals surface area contributed by atoms with Gasteiger partial charge in [-0.05, 0) is 106 Å². The molecule has 8 aromatic rings. The maximum atomic E-state index is 10.5. The standard InChI is InChI=1S/C48H32N2O4/c49-47-39(51)13-7-15-43(47)53-41-27-23-35-29-33(19-17-31-9-3-1-4-10-31)21-25-37(35)45(41)46-38-26-22-34(20-18-32-11-5-2-6-12-32)30-36(38)24-28-42(46)54-44-16-8-14-40(52)48(44)50/h1-16,21-30,51-52H,49-50H2. The van der Waals surface area contributed by atoms with Crippen LogP contribution in [0, 0.1) is 23.7 Å². The van der Waals surface area contributed by atoms with E-state index in [0.29, 0.717) is 34.1 Å². The van der Waals surface area contributed by atoms with Gasteiger partial charge in [0.1, 0.15) is 34.4 Å². The molecular formula is C48H32N2O4. The molecule has 0 aromatic heterocycles. The van der Waals surface area contributed by atoms with E-state index in [9.17, 15) is 10.2 Å². The fraction of sp³-hybridized carbons (Fsp3) is 0. The summed E-state index contributed by atoms with van der Waals surface area (Å²) in [7, 11) is 0. The van der Waals surface area contributed by atoms with Crippen LogP contribution in [0.5, 0.6) is 34.5 Å². The van der Waals surface area contributed by atoms with Crippen LogP contribution >= 0.6 is 0 Å². The summed E-state index contributed by atoms with van der Waals surface area (Å²) in [5, 5.41) is 24.4. The summed E-state index contributed by atoms with van der Waals surface area (Å²) in [6.07, 6.45) is 0. The number of aromatic hydroxyl groups is 2. The Labute approximate surface area is 312 Å². The number of nitrogen functional groups attached to an aromatic ring is 2. The van der Waals surface area contributed by atoms with Gasteiger partial charge < -0.3 is 31.2 Å². The average Bonchev–Trinajstić information content (AvgIpc) is 3.20. The first-order valence-electron chi connectivity index (χ1n) is 17.2. The van der Waals surface area contributed by atoms with Crippen LogP contribution in [0.15, 0.2) is 158 Å². The Hall–Kier alpha value is -7.80. The maximum absolute atomic E-state index is 10.5. The van der Waals surface area contributed by atoms with E-state index in [0.717, 1.165) is 43.8 Å². The van der Waals surface area contributed by atoms with E-state index in [1.54, 1.807) is 24.3 Å². The van der Waals surface area contributed by atoms with E-state index < -0.39 is 0 Å². The lowest BCUT2D eigenvalue weighted by atomic mass is 9.91. The zero-order chi connectivity index (χ0) is 37.0. The van der Waals surface area contributed by atoms with Crippen molar-refractivity contribution in [2.45, 2.75) is 0 Å². The molecule has 0 saturated heterocycles. The van der Waals surface area contributed by atoms with Crippen molar-refractivity contribution in [3.8, 4) is 69.3 Å². The van der Waals surface area contributed by atoms with E-state index >= 15 is 0 Å². The van der Waals surface area contributed by atoms with Crippen LogP contribution in [-0.2, 0) is 0 Å². The van der Waals surface area contributed by atoms with Gasteiger partial charge in [-0.3, -0.25) is 0 Å². The van der Waals surface area contributed by atoms with Crippen molar-refractivity contribution < 1.29 is 19.7 Å². The Morgan fingerprint density at radius 1 is 0.370 bits per heavy atom. The second-order valence-electron chi connectivity index (χ2n) is 12.6. The van der Waals surface area contributed by atoms with Crippen molar-refractivity contribution >= 4 is 32.9 Å². The van der Waals surface area contributed by atoms with Crippen molar-refractivity contribution in [2.24, 2.45) is 0 Å². The minimum absolute atomic E-state index is 0.0887.